The fraction of sp³-hybridized carbons (Fsp3) is 0.370. The summed E-state index contributed by atoms with van der Waals surface area (Å²) in [5.41, 5.74) is 18.1. The first kappa shape index (κ1) is 25.3. The fourth-order valence-corrected chi connectivity index (χ4v) is 10.5. The van der Waals surface area contributed by atoms with E-state index in [0.717, 1.165) is 0 Å². The van der Waals surface area contributed by atoms with E-state index in [1.165, 1.54) is 44.5 Å². The third kappa shape index (κ3) is 3.45. The molecule has 158 valence electrons. The van der Waals surface area contributed by atoms with Crippen molar-refractivity contribution in [3.63, 3.8) is 0 Å². The molecule has 2 unspecified atom stereocenters. The molecule has 2 atom stereocenters. The number of fused-ring (bicyclic) bond motifs is 2. The Balaban J connectivity index is 0.00000160. The van der Waals surface area contributed by atoms with Crippen molar-refractivity contribution in [2.24, 2.45) is 0 Å². The summed E-state index contributed by atoms with van der Waals surface area (Å²) in [4.78, 5) is 4.97. The van der Waals surface area contributed by atoms with Gasteiger partial charge in [0.15, 0.2) is 0 Å². The summed E-state index contributed by atoms with van der Waals surface area (Å²) in [6, 6.07) is 9.46. The van der Waals surface area contributed by atoms with E-state index in [0.29, 0.717) is 8.45 Å². The van der Waals surface area contributed by atoms with E-state index in [2.05, 4.69) is 79.7 Å². The molecule has 30 heavy (non-hydrogen) atoms. The van der Waals surface area contributed by atoms with Crippen LogP contribution in [0.1, 0.15) is 80.6 Å². The second kappa shape index (κ2) is 8.91. The summed E-state index contributed by atoms with van der Waals surface area (Å²) in [6.45, 7) is 18.5. The molecular formula is C27H32Cl2Ti. The molecule has 0 aromatic heterocycles. The van der Waals surface area contributed by atoms with Crippen molar-refractivity contribution < 1.29 is 42.2 Å². The molecule has 0 nitrogen and oxygen atoms in total. The van der Waals surface area contributed by atoms with Crippen molar-refractivity contribution in [3.05, 3.63) is 79.9 Å². The Hall–Kier alpha value is -0.916. The Morgan fingerprint density at radius 3 is 1.27 bits per heavy atom. The Morgan fingerprint density at radius 1 is 0.600 bits per heavy atom. The van der Waals surface area contributed by atoms with Crippen molar-refractivity contribution in [1.82, 2.24) is 0 Å². The Kier molecular flexibility index (Phi) is 7.53. The Labute approximate surface area is 201 Å². The van der Waals surface area contributed by atoms with Crippen LogP contribution >= 0.6 is 0 Å². The number of benzene rings is 2. The minimum absolute atomic E-state index is 0. The number of hydrogen-bond acceptors (Lipinski definition) is 0. The number of aryl methyl sites for hydroxylation is 2. The molecule has 0 aliphatic heterocycles. The third-order valence-electron chi connectivity index (χ3n) is 7.70. The minimum Gasteiger partial charge on any atom is -1.00 e. The normalized spacial score (nSPS) is 19.0. The molecular weight excluding hydrogens is 443 g/mol. The zero-order valence-electron chi connectivity index (χ0n) is 19.4. The first-order chi connectivity index (χ1) is 13.2. The molecule has 0 bridgehead atoms. The van der Waals surface area contributed by atoms with E-state index >= 15 is 0 Å². The molecule has 2 aromatic rings. The Morgan fingerprint density at radius 2 is 0.933 bits per heavy atom. The van der Waals surface area contributed by atoms with Crippen LogP contribution in [-0.4, -0.2) is 4.82 Å². The first-order valence-corrected chi connectivity index (χ1v) is 13.3. The minimum atomic E-state index is -1.76. The molecule has 0 saturated carbocycles. The van der Waals surface area contributed by atoms with Crippen molar-refractivity contribution >= 4 is 16.0 Å². The maximum absolute atomic E-state index is 4.97. The predicted molar refractivity (Wildman–Crippen MR) is 121 cm³/mol. The van der Waals surface area contributed by atoms with E-state index < -0.39 is 17.4 Å². The monoisotopic (exact) mass is 474 g/mol. The van der Waals surface area contributed by atoms with Gasteiger partial charge in [-0.1, -0.05) is 0 Å². The van der Waals surface area contributed by atoms with Crippen LogP contribution in [0.15, 0.2) is 35.4 Å². The van der Waals surface area contributed by atoms with Crippen LogP contribution in [0.4, 0.5) is 0 Å². The van der Waals surface area contributed by atoms with Crippen molar-refractivity contribution in [2.45, 2.75) is 63.8 Å². The van der Waals surface area contributed by atoms with Gasteiger partial charge in [0.05, 0.1) is 0 Å². The summed E-state index contributed by atoms with van der Waals surface area (Å²) in [5, 5.41) is 0. The standard InChI is InChI=1S/2C13H15.CH2.2ClH.Ti/c2*1-8-5-6-12-7-9(2)11(4)13(12)10(8)3;;;;/h2*5-7H,1-4H3;1H2;2*1H;/q;;;;;+2/p-2. The van der Waals surface area contributed by atoms with Crippen molar-refractivity contribution in [3.8, 4) is 0 Å². The second-order valence-corrected chi connectivity index (χ2v) is 12.6. The SMILES string of the molecule is [CH2]=[Ti+2]([CH]1C(C)=C(C)c2c1ccc(C)c2C)[CH]1C(C)=C(C)c2c1ccc(C)c2C.[Cl-].[Cl-]. The van der Waals surface area contributed by atoms with Crippen LogP contribution in [0.2, 0.25) is 0 Å². The first-order valence-electron chi connectivity index (χ1n) is 10.4. The maximum atomic E-state index is 4.97. The molecule has 2 aliphatic rings. The number of hydrogen-bond donors (Lipinski definition) is 0. The second-order valence-electron chi connectivity index (χ2n) is 9.00. The smallest absolute Gasteiger partial charge is 1.00 e. The average Bonchev–Trinajstić information content (AvgIpc) is 3.06. The van der Waals surface area contributed by atoms with Crippen LogP contribution in [0, 0.1) is 27.7 Å². The average molecular weight is 475 g/mol. The van der Waals surface area contributed by atoms with E-state index in [9.17, 15) is 0 Å². The van der Waals surface area contributed by atoms with Gasteiger partial charge in [0.1, 0.15) is 0 Å². The van der Waals surface area contributed by atoms with Crippen molar-refractivity contribution in [2.75, 3.05) is 0 Å². The summed E-state index contributed by atoms with van der Waals surface area (Å²) >= 11 is -1.76. The quantitative estimate of drug-likeness (QED) is 0.576. The topological polar surface area (TPSA) is 0 Å². The summed E-state index contributed by atoms with van der Waals surface area (Å²) < 4.78 is 1.13. The van der Waals surface area contributed by atoms with Gasteiger partial charge in [-0.05, 0) is 0 Å². The molecule has 0 heterocycles. The molecule has 0 fully saturated rings. The molecule has 0 saturated heterocycles. The van der Waals surface area contributed by atoms with E-state index in [1.54, 1.807) is 22.3 Å². The fourth-order valence-electron chi connectivity index (χ4n) is 5.57. The molecule has 2 aliphatic carbocycles. The molecule has 0 N–H and O–H groups in total. The van der Waals surface area contributed by atoms with E-state index in [-0.39, 0.29) is 24.8 Å². The van der Waals surface area contributed by atoms with E-state index in [4.69, 9.17) is 4.82 Å². The van der Waals surface area contributed by atoms with Gasteiger partial charge < -0.3 is 24.8 Å². The molecule has 0 spiro atoms. The van der Waals surface area contributed by atoms with Crippen LogP contribution in [0.5, 0.6) is 0 Å². The number of halogens is 2. The molecule has 4 rings (SSSR count). The van der Waals surface area contributed by atoms with Gasteiger partial charge in [-0.3, -0.25) is 0 Å². The predicted octanol–water partition coefficient (Wildman–Crippen LogP) is 1.37. The van der Waals surface area contributed by atoms with Crippen LogP contribution in [-0.2, 0) is 17.4 Å². The molecule has 2 aromatic carbocycles. The van der Waals surface area contributed by atoms with Crippen LogP contribution in [0.3, 0.4) is 0 Å². The van der Waals surface area contributed by atoms with Gasteiger partial charge in [0, 0.05) is 0 Å². The van der Waals surface area contributed by atoms with Crippen molar-refractivity contribution in [1.29, 1.82) is 0 Å². The summed E-state index contributed by atoms with van der Waals surface area (Å²) in [6.07, 6.45) is 0. The largest absolute Gasteiger partial charge is 1.00 e. The summed E-state index contributed by atoms with van der Waals surface area (Å²) in [7, 11) is 0. The zero-order chi connectivity index (χ0) is 20.5. The third-order valence-corrected chi connectivity index (χ3v) is 12.3. The number of rotatable bonds is 2. The maximum Gasteiger partial charge on any atom is -1.00 e. The Bertz CT molecular complexity index is 1030. The zero-order valence-corrected chi connectivity index (χ0v) is 22.5. The van der Waals surface area contributed by atoms with Gasteiger partial charge in [-0.15, -0.1) is 0 Å². The molecule has 0 amide bonds. The van der Waals surface area contributed by atoms with Gasteiger partial charge in [-0.2, -0.15) is 0 Å². The van der Waals surface area contributed by atoms with Gasteiger partial charge >= 0.3 is 177 Å². The van der Waals surface area contributed by atoms with Gasteiger partial charge in [-0.25, -0.2) is 0 Å². The van der Waals surface area contributed by atoms with Gasteiger partial charge in [0.25, 0.3) is 0 Å². The van der Waals surface area contributed by atoms with Crippen LogP contribution in [0.25, 0.3) is 11.1 Å². The molecule has 0 radical (unpaired) electrons. The van der Waals surface area contributed by atoms with Gasteiger partial charge in [0.2, 0.25) is 0 Å². The van der Waals surface area contributed by atoms with E-state index in [1.807, 2.05) is 0 Å². The molecule has 3 heteroatoms. The summed E-state index contributed by atoms with van der Waals surface area (Å²) in [5.74, 6) is 0. The number of allylic oxidation sites excluding steroid dienone is 4. The van der Waals surface area contributed by atoms with Crippen LogP contribution < -0.4 is 24.8 Å².